The molecule has 0 radical (unpaired) electrons. The molecule has 3 aromatic heterocycles. The predicted molar refractivity (Wildman–Crippen MR) is 96.4 cm³/mol. The van der Waals surface area contributed by atoms with Crippen molar-refractivity contribution in [1.82, 2.24) is 34.8 Å². The maximum absolute atomic E-state index is 12.5. The molecule has 1 aliphatic heterocycles. The van der Waals surface area contributed by atoms with E-state index in [2.05, 4.69) is 20.3 Å². The van der Waals surface area contributed by atoms with Crippen molar-refractivity contribution in [2.75, 3.05) is 13.1 Å². The molecule has 2 N–H and O–H groups in total. The number of carbonyl (C=O) groups excluding carboxylic acids is 1. The second-order valence-corrected chi connectivity index (χ2v) is 6.29. The zero-order chi connectivity index (χ0) is 19.5. The van der Waals surface area contributed by atoms with Gasteiger partial charge in [0, 0.05) is 50.5 Å². The van der Waals surface area contributed by atoms with Gasteiger partial charge in [-0.25, -0.2) is 9.48 Å². The van der Waals surface area contributed by atoms with Crippen molar-refractivity contribution >= 4 is 5.91 Å². The average molecular weight is 383 g/mol. The molecule has 144 valence electrons. The zero-order valence-electron chi connectivity index (χ0n) is 14.7. The number of rotatable bonds is 4. The number of piperidine rings is 1. The smallest absolute Gasteiger partial charge is 0.326 e. The summed E-state index contributed by atoms with van der Waals surface area (Å²) >= 11 is 0. The number of hydrogen-bond acceptors (Lipinski definition) is 7. The first-order chi connectivity index (χ1) is 13.6. The van der Waals surface area contributed by atoms with E-state index in [0.717, 1.165) is 6.07 Å². The van der Waals surface area contributed by atoms with Gasteiger partial charge in [0.1, 0.15) is 11.8 Å². The molecule has 0 unspecified atom stereocenters. The molecule has 0 saturated carbocycles. The molecule has 4 heterocycles. The van der Waals surface area contributed by atoms with Crippen LogP contribution in [0.5, 0.6) is 5.88 Å². The van der Waals surface area contributed by atoms with Crippen LogP contribution in [0, 0.1) is 0 Å². The van der Waals surface area contributed by atoms with E-state index in [1.54, 1.807) is 40.2 Å². The van der Waals surface area contributed by atoms with Crippen molar-refractivity contribution in [3.05, 3.63) is 63.2 Å². The Kier molecular flexibility index (Phi) is 4.70. The van der Waals surface area contributed by atoms with Crippen molar-refractivity contribution in [2.45, 2.75) is 18.9 Å². The Labute approximate surface area is 158 Å². The molecule has 0 atom stereocenters. The van der Waals surface area contributed by atoms with Crippen LogP contribution in [-0.4, -0.2) is 59.9 Å². The molecule has 11 heteroatoms. The fourth-order valence-electron chi connectivity index (χ4n) is 3.00. The summed E-state index contributed by atoms with van der Waals surface area (Å²) in [5.41, 5.74) is -1.33. The maximum atomic E-state index is 12.5. The molecule has 11 nitrogen and oxygen atoms in total. The Morgan fingerprint density at radius 1 is 1.14 bits per heavy atom. The van der Waals surface area contributed by atoms with Gasteiger partial charge in [0.05, 0.1) is 0 Å². The first kappa shape index (κ1) is 17.6. The molecule has 0 bridgehead atoms. The predicted octanol–water partition coefficient (Wildman–Crippen LogP) is -0.278. The summed E-state index contributed by atoms with van der Waals surface area (Å²) in [6.07, 6.45) is 4.52. The van der Waals surface area contributed by atoms with Crippen LogP contribution in [0.25, 0.3) is 5.82 Å². The van der Waals surface area contributed by atoms with Crippen LogP contribution in [0.2, 0.25) is 0 Å². The second kappa shape index (κ2) is 7.47. The molecule has 1 amide bonds. The second-order valence-electron chi connectivity index (χ2n) is 6.29. The number of carbonyl (C=O) groups is 1. The summed E-state index contributed by atoms with van der Waals surface area (Å²) < 4.78 is 7.44. The summed E-state index contributed by atoms with van der Waals surface area (Å²) in [5, 5.41) is 12.2. The van der Waals surface area contributed by atoms with E-state index in [1.165, 1.54) is 0 Å². The molecule has 3 aromatic rings. The summed E-state index contributed by atoms with van der Waals surface area (Å²) in [5.74, 6) is 0.606. The first-order valence-electron chi connectivity index (χ1n) is 8.72. The van der Waals surface area contributed by atoms with Crippen molar-refractivity contribution in [3.63, 3.8) is 0 Å². The van der Waals surface area contributed by atoms with Crippen molar-refractivity contribution in [3.8, 4) is 11.7 Å². The summed E-state index contributed by atoms with van der Waals surface area (Å²) in [6, 6.07) is 6.37. The number of amides is 1. The van der Waals surface area contributed by atoms with Crippen LogP contribution in [0.4, 0.5) is 0 Å². The lowest BCUT2D eigenvalue weighted by atomic mass is 10.1. The minimum absolute atomic E-state index is 0.0202. The summed E-state index contributed by atoms with van der Waals surface area (Å²) in [7, 11) is 0. The van der Waals surface area contributed by atoms with E-state index in [0.29, 0.717) is 37.6 Å². The minimum atomic E-state index is -0.703. The van der Waals surface area contributed by atoms with E-state index in [-0.39, 0.29) is 17.7 Å². The highest BCUT2D eigenvalue weighted by molar-refractivity contribution is 5.92. The normalized spacial score (nSPS) is 14.8. The lowest BCUT2D eigenvalue weighted by molar-refractivity contribution is 0.0580. The molecule has 0 spiro atoms. The third kappa shape index (κ3) is 3.82. The summed E-state index contributed by atoms with van der Waals surface area (Å²) in [6.45, 7) is 0.883. The maximum Gasteiger partial charge on any atom is 0.326 e. The zero-order valence-corrected chi connectivity index (χ0v) is 14.7. The van der Waals surface area contributed by atoms with Crippen LogP contribution in [0.15, 0.2) is 46.2 Å². The number of H-pyrrole nitrogens is 2. The molecular formula is C17H17N7O4. The van der Waals surface area contributed by atoms with E-state index in [4.69, 9.17) is 4.74 Å². The fraction of sp³-hybridized carbons (Fsp3) is 0.294. The SMILES string of the molecule is O=C(c1cc(=O)[nH]c(=O)[nH]1)N1CCC(Oc2ccc(-n3cccn3)nn2)CC1. The lowest BCUT2D eigenvalue weighted by Gasteiger charge is -2.31. The largest absolute Gasteiger partial charge is 0.473 e. The molecule has 1 aliphatic rings. The number of likely N-dealkylation sites (tertiary alicyclic amines) is 1. The Morgan fingerprint density at radius 3 is 2.61 bits per heavy atom. The van der Waals surface area contributed by atoms with Gasteiger partial charge in [-0.1, -0.05) is 0 Å². The van der Waals surface area contributed by atoms with Gasteiger partial charge in [-0.2, -0.15) is 5.10 Å². The Hall–Kier alpha value is -3.76. The number of aromatic nitrogens is 6. The molecule has 0 aliphatic carbocycles. The average Bonchev–Trinajstić information content (AvgIpc) is 3.23. The van der Waals surface area contributed by atoms with Crippen LogP contribution in [-0.2, 0) is 0 Å². The van der Waals surface area contributed by atoms with Gasteiger partial charge in [0.25, 0.3) is 11.5 Å². The van der Waals surface area contributed by atoms with Gasteiger partial charge in [-0.05, 0) is 12.1 Å². The highest BCUT2D eigenvalue weighted by Crippen LogP contribution is 2.18. The van der Waals surface area contributed by atoms with Gasteiger partial charge in [-0.3, -0.25) is 14.6 Å². The number of nitrogens with one attached hydrogen (secondary N) is 2. The highest BCUT2D eigenvalue weighted by Gasteiger charge is 2.25. The van der Waals surface area contributed by atoms with Gasteiger partial charge in [0.15, 0.2) is 5.82 Å². The molecular weight excluding hydrogens is 366 g/mol. The van der Waals surface area contributed by atoms with Crippen LogP contribution >= 0.6 is 0 Å². The van der Waals surface area contributed by atoms with Crippen molar-refractivity contribution < 1.29 is 9.53 Å². The standard InChI is InChI=1S/C17H17N7O4/c25-14-10-12(19-17(27)20-14)16(26)23-8-4-11(5-9-23)28-15-3-2-13(21-22-15)24-7-1-6-18-24/h1-3,6-7,10-11H,4-5,8-9H2,(H2,19,20,25,27). The molecule has 1 fully saturated rings. The van der Waals surface area contributed by atoms with E-state index in [9.17, 15) is 14.4 Å². The highest BCUT2D eigenvalue weighted by atomic mass is 16.5. The quantitative estimate of drug-likeness (QED) is 0.632. The van der Waals surface area contributed by atoms with Gasteiger partial charge in [-0.15, -0.1) is 10.2 Å². The fourth-order valence-corrected chi connectivity index (χ4v) is 3.00. The molecule has 4 rings (SSSR count). The Balaban J connectivity index is 1.34. The van der Waals surface area contributed by atoms with Gasteiger partial charge < -0.3 is 14.6 Å². The van der Waals surface area contributed by atoms with Crippen molar-refractivity contribution in [1.29, 1.82) is 0 Å². The number of aromatic amines is 2. The molecule has 28 heavy (non-hydrogen) atoms. The molecule has 0 aromatic carbocycles. The van der Waals surface area contributed by atoms with Crippen LogP contribution in [0.3, 0.4) is 0 Å². The van der Waals surface area contributed by atoms with E-state index in [1.807, 2.05) is 4.98 Å². The number of hydrogen-bond donors (Lipinski definition) is 2. The Morgan fingerprint density at radius 2 is 1.96 bits per heavy atom. The number of nitrogens with zero attached hydrogens (tertiary/aromatic N) is 5. The van der Waals surface area contributed by atoms with Gasteiger partial charge >= 0.3 is 5.69 Å². The Bertz CT molecular complexity index is 1040. The number of ether oxygens (including phenoxy) is 1. The van der Waals surface area contributed by atoms with Crippen molar-refractivity contribution in [2.24, 2.45) is 0 Å². The van der Waals surface area contributed by atoms with Crippen LogP contribution < -0.4 is 16.0 Å². The molecule has 1 saturated heterocycles. The summed E-state index contributed by atoms with van der Waals surface area (Å²) in [4.78, 5) is 41.1. The van der Waals surface area contributed by atoms with E-state index >= 15 is 0 Å². The monoisotopic (exact) mass is 383 g/mol. The third-order valence-corrected chi connectivity index (χ3v) is 4.37. The minimum Gasteiger partial charge on any atom is -0.473 e. The van der Waals surface area contributed by atoms with Crippen LogP contribution in [0.1, 0.15) is 23.3 Å². The van der Waals surface area contributed by atoms with Gasteiger partial charge in [0.2, 0.25) is 5.88 Å². The topological polar surface area (TPSA) is 139 Å². The third-order valence-electron chi connectivity index (χ3n) is 4.37. The first-order valence-corrected chi connectivity index (χ1v) is 8.72. The van der Waals surface area contributed by atoms with E-state index < -0.39 is 11.2 Å². The lowest BCUT2D eigenvalue weighted by Crippen LogP contribution is -2.43.